The van der Waals surface area contributed by atoms with Crippen LogP contribution in [-0.4, -0.2) is 30.7 Å². The average molecular weight is 443 g/mol. The Morgan fingerprint density at radius 3 is 2.61 bits per heavy atom. The molecule has 2 N–H and O–H groups in total. The molecule has 0 saturated heterocycles. The number of hydrogen-bond acceptors (Lipinski definition) is 5. The van der Waals surface area contributed by atoms with Crippen molar-refractivity contribution in [3.05, 3.63) is 82.3 Å². The Bertz CT molecular complexity index is 1390. The van der Waals surface area contributed by atoms with Gasteiger partial charge in [0.1, 0.15) is 17.0 Å². The summed E-state index contributed by atoms with van der Waals surface area (Å²) in [5.41, 5.74) is 3.07. The zero-order valence-electron chi connectivity index (χ0n) is 18.3. The van der Waals surface area contributed by atoms with E-state index in [1.807, 2.05) is 16.7 Å². The largest absolute Gasteiger partial charge is 0.345 e. The smallest absolute Gasteiger partial charge is 0.270 e. The van der Waals surface area contributed by atoms with Crippen molar-refractivity contribution in [1.82, 2.24) is 29.4 Å². The van der Waals surface area contributed by atoms with Crippen molar-refractivity contribution < 1.29 is 4.79 Å². The highest BCUT2D eigenvalue weighted by Gasteiger charge is 2.40. The summed E-state index contributed by atoms with van der Waals surface area (Å²) in [6.45, 7) is 1.12. The number of nitrogens with one attached hydrogen (secondary N) is 2. The van der Waals surface area contributed by atoms with Gasteiger partial charge in [0.15, 0.2) is 0 Å². The topological polar surface area (TPSA) is 92.8 Å². The van der Waals surface area contributed by atoms with E-state index in [2.05, 4.69) is 32.9 Å². The molecule has 0 bridgehead atoms. The standard InChI is InChI=1S/C25H26N6O2/c32-23-11-20(29-22-3-1-2-10-31(22)23)25(33)27-13-19-15-30-14-16(4-9-21(30)28-19)12-26-24(17-5-6-17)18-7-8-18/h1-4,9-11,14-15,17-18,24,26H,5-8,12-13H2,(H,27,33). The highest BCUT2D eigenvalue weighted by atomic mass is 16.2. The van der Waals surface area contributed by atoms with Gasteiger partial charge in [-0.15, -0.1) is 0 Å². The molecule has 168 valence electrons. The molecule has 4 aromatic heterocycles. The lowest BCUT2D eigenvalue weighted by atomic mass is 10.1. The molecule has 2 fully saturated rings. The minimum atomic E-state index is -0.397. The van der Waals surface area contributed by atoms with Gasteiger partial charge in [-0.3, -0.25) is 14.0 Å². The van der Waals surface area contributed by atoms with E-state index in [4.69, 9.17) is 0 Å². The highest BCUT2D eigenvalue weighted by molar-refractivity contribution is 5.92. The molecule has 2 saturated carbocycles. The molecule has 0 atom stereocenters. The third-order valence-electron chi connectivity index (χ3n) is 6.60. The highest BCUT2D eigenvalue weighted by Crippen LogP contribution is 2.44. The molecule has 4 heterocycles. The van der Waals surface area contributed by atoms with Crippen LogP contribution >= 0.6 is 0 Å². The number of rotatable bonds is 8. The SMILES string of the molecule is O=C(NCc1cn2cc(CNC(C3CC3)C3CC3)ccc2n1)c1cc(=O)n2ccccc2n1. The first kappa shape index (κ1) is 20.1. The summed E-state index contributed by atoms with van der Waals surface area (Å²) < 4.78 is 3.41. The maximum absolute atomic E-state index is 12.6. The molecule has 8 heteroatoms. The summed E-state index contributed by atoms with van der Waals surface area (Å²) in [5, 5.41) is 6.61. The third-order valence-corrected chi connectivity index (χ3v) is 6.60. The maximum Gasteiger partial charge on any atom is 0.270 e. The number of carbonyl (C=O) groups is 1. The number of hydrogen-bond donors (Lipinski definition) is 2. The summed E-state index contributed by atoms with van der Waals surface area (Å²) in [6, 6.07) is 11.3. The fourth-order valence-electron chi connectivity index (χ4n) is 4.58. The first-order valence-electron chi connectivity index (χ1n) is 11.6. The number of aromatic nitrogens is 4. The molecule has 4 aromatic rings. The lowest BCUT2D eigenvalue weighted by Crippen LogP contribution is -2.32. The van der Waals surface area contributed by atoms with Gasteiger partial charge >= 0.3 is 0 Å². The van der Waals surface area contributed by atoms with Crippen LogP contribution in [0.25, 0.3) is 11.3 Å². The van der Waals surface area contributed by atoms with Crippen molar-refractivity contribution in [2.45, 2.75) is 44.8 Å². The third kappa shape index (κ3) is 4.26. The van der Waals surface area contributed by atoms with E-state index in [0.29, 0.717) is 11.7 Å². The molecule has 2 aliphatic carbocycles. The number of fused-ring (bicyclic) bond motifs is 2. The van der Waals surface area contributed by atoms with Crippen molar-refractivity contribution in [1.29, 1.82) is 0 Å². The van der Waals surface area contributed by atoms with Crippen LogP contribution in [0, 0.1) is 11.8 Å². The number of imidazole rings is 1. The van der Waals surface area contributed by atoms with E-state index < -0.39 is 5.91 Å². The Labute approximate surface area is 190 Å². The van der Waals surface area contributed by atoms with Crippen molar-refractivity contribution in [2.75, 3.05) is 0 Å². The molecule has 0 aliphatic heterocycles. The van der Waals surface area contributed by atoms with Crippen LogP contribution < -0.4 is 16.2 Å². The number of nitrogens with zero attached hydrogens (tertiary/aromatic N) is 4. The summed E-state index contributed by atoms with van der Waals surface area (Å²) >= 11 is 0. The Morgan fingerprint density at radius 2 is 1.82 bits per heavy atom. The lowest BCUT2D eigenvalue weighted by molar-refractivity contribution is 0.0945. The van der Waals surface area contributed by atoms with Crippen LogP contribution in [0.1, 0.15) is 47.4 Å². The molecule has 8 nitrogen and oxygen atoms in total. The van der Waals surface area contributed by atoms with Crippen LogP contribution in [0.3, 0.4) is 0 Å². The molecule has 6 rings (SSSR count). The molecule has 0 radical (unpaired) electrons. The molecular formula is C25H26N6O2. The molecule has 0 unspecified atom stereocenters. The zero-order chi connectivity index (χ0) is 22.4. The Hall–Kier alpha value is -3.52. The minimum Gasteiger partial charge on any atom is -0.345 e. The van der Waals surface area contributed by atoms with Gasteiger partial charge in [-0.2, -0.15) is 0 Å². The van der Waals surface area contributed by atoms with Crippen LogP contribution in [-0.2, 0) is 13.1 Å². The molecule has 33 heavy (non-hydrogen) atoms. The second-order valence-electron chi connectivity index (χ2n) is 9.21. The van der Waals surface area contributed by atoms with E-state index >= 15 is 0 Å². The van der Waals surface area contributed by atoms with Crippen molar-refractivity contribution >= 4 is 17.2 Å². The Balaban J connectivity index is 1.12. The van der Waals surface area contributed by atoms with E-state index in [0.717, 1.165) is 29.7 Å². The van der Waals surface area contributed by atoms with Crippen LogP contribution in [0.4, 0.5) is 0 Å². The van der Waals surface area contributed by atoms with E-state index in [1.165, 1.54) is 41.7 Å². The molecule has 1 amide bonds. The second kappa shape index (κ2) is 8.12. The zero-order valence-corrected chi connectivity index (χ0v) is 18.3. The van der Waals surface area contributed by atoms with E-state index in [-0.39, 0.29) is 17.8 Å². The van der Waals surface area contributed by atoms with Gasteiger partial charge in [-0.05, 0) is 61.3 Å². The van der Waals surface area contributed by atoms with Gasteiger partial charge < -0.3 is 15.0 Å². The van der Waals surface area contributed by atoms with Crippen LogP contribution in [0.15, 0.2) is 59.8 Å². The Morgan fingerprint density at radius 1 is 1.00 bits per heavy atom. The summed E-state index contributed by atoms with van der Waals surface area (Å²) in [5.74, 6) is 1.35. The number of pyridine rings is 2. The van der Waals surface area contributed by atoms with Crippen LogP contribution in [0.2, 0.25) is 0 Å². The number of carbonyl (C=O) groups excluding carboxylic acids is 1. The predicted molar refractivity (Wildman–Crippen MR) is 124 cm³/mol. The Kier molecular flexibility index (Phi) is 4.95. The van der Waals surface area contributed by atoms with Crippen molar-refractivity contribution in [3.8, 4) is 0 Å². The molecule has 2 aliphatic rings. The predicted octanol–water partition coefficient (Wildman–Crippen LogP) is 2.55. The molecular weight excluding hydrogens is 416 g/mol. The quantitative estimate of drug-likeness (QED) is 0.438. The second-order valence-corrected chi connectivity index (χ2v) is 9.21. The van der Waals surface area contributed by atoms with Crippen molar-refractivity contribution in [2.24, 2.45) is 11.8 Å². The van der Waals surface area contributed by atoms with Gasteiger partial charge in [0, 0.05) is 37.2 Å². The summed E-state index contributed by atoms with van der Waals surface area (Å²) in [4.78, 5) is 33.7. The van der Waals surface area contributed by atoms with Gasteiger partial charge in [0.05, 0.1) is 12.2 Å². The average Bonchev–Trinajstić information content (AvgIpc) is 3.76. The normalized spacial score (nSPS) is 16.0. The molecule has 0 aromatic carbocycles. The minimum absolute atomic E-state index is 0.101. The summed E-state index contributed by atoms with van der Waals surface area (Å²) in [7, 11) is 0. The van der Waals surface area contributed by atoms with E-state index in [1.54, 1.807) is 24.4 Å². The van der Waals surface area contributed by atoms with Gasteiger partial charge in [0.25, 0.3) is 11.5 Å². The monoisotopic (exact) mass is 442 g/mol. The van der Waals surface area contributed by atoms with Gasteiger partial charge in [-0.25, -0.2) is 9.97 Å². The summed E-state index contributed by atoms with van der Waals surface area (Å²) in [6.07, 6.45) is 11.1. The fourth-order valence-corrected chi connectivity index (χ4v) is 4.58. The lowest BCUT2D eigenvalue weighted by Gasteiger charge is -2.17. The van der Waals surface area contributed by atoms with Gasteiger partial charge in [0.2, 0.25) is 0 Å². The first-order valence-corrected chi connectivity index (χ1v) is 11.6. The number of amides is 1. The van der Waals surface area contributed by atoms with Crippen molar-refractivity contribution in [3.63, 3.8) is 0 Å². The van der Waals surface area contributed by atoms with Crippen LogP contribution in [0.5, 0.6) is 0 Å². The van der Waals surface area contributed by atoms with E-state index in [9.17, 15) is 9.59 Å². The maximum atomic E-state index is 12.6. The molecule has 0 spiro atoms. The fraction of sp³-hybridized carbons (Fsp3) is 0.360. The van der Waals surface area contributed by atoms with Gasteiger partial charge in [-0.1, -0.05) is 12.1 Å². The first-order chi connectivity index (χ1) is 16.1.